The number of hydrogen-bond acceptors (Lipinski definition) is 4. The second kappa shape index (κ2) is 15.4. The lowest BCUT2D eigenvalue weighted by atomic mass is 9.50. The van der Waals surface area contributed by atoms with E-state index in [2.05, 4.69) is 158 Å². The molecule has 292 valence electrons. The van der Waals surface area contributed by atoms with Crippen LogP contribution in [-0.4, -0.2) is 54.3 Å². The van der Waals surface area contributed by atoms with Gasteiger partial charge in [0.15, 0.2) is 25.0 Å². The van der Waals surface area contributed by atoms with Gasteiger partial charge < -0.3 is 13.3 Å². The van der Waals surface area contributed by atoms with Crippen molar-refractivity contribution < 1.29 is 13.3 Å². The van der Waals surface area contributed by atoms with Gasteiger partial charge in [-0.25, -0.2) is 0 Å². The van der Waals surface area contributed by atoms with Crippen LogP contribution >= 0.6 is 11.8 Å². The van der Waals surface area contributed by atoms with Gasteiger partial charge in [-0.15, -0.1) is 0 Å². The molecule has 0 spiro atoms. The highest BCUT2D eigenvalue weighted by atomic mass is 32.2. The average molecular weight is 773 g/mol. The third kappa shape index (κ3) is 8.80. The Hall–Kier alpha value is -0.159. The van der Waals surface area contributed by atoms with Crippen LogP contribution in [0.25, 0.3) is 0 Å². The fourth-order valence-corrected chi connectivity index (χ4v) is 16.3. The van der Waals surface area contributed by atoms with Crippen molar-refractivity contribution in [2.45, 2.75) is 194 Å². The molecule has 0 bridgehead atoms. The molecule has 0 aromatic carbocycles. The van der Waals surface area contributed by atoms with Gasteiger partial charge in [0.2, 0.25) is 0 Å². The first-order valence-electron chi connectivity index (χ1n) is 20.7. The molecular formula is C44H80O3SSi3. The summed E-state index contributed by atoms with van der Waals surface area (Å²) < 4.78 is 21.6. The van der Waals surface area contributed by atoms with E-state index in [-0.39, 0.29) is 38.7 Å². The lowest BCUT2D eigenvalue weighted by Gasteiger charge is -2.59. The summed E-state index contributed by atoms with van der Waals surface area (Å²) in [6, 6.07) is 3.59. The van der Waals surface area contributed by atoms with Gasteiger partial charge in [-0.1, -0.05) is 123 Å². The Bertz CT molecular complexity index is 1350. The molecule has 0 aromatic rings. The minimum atomic E-state index is -2.02. The summed E-state index contributed by atoms with van der Waals surface area (Å²) in [5, 5.41) is 0.371. The van der Waals surface area contributed by atoms with Crippen molar-refractivity contribution in [2.24, 2.45) is 22.7 Å². The topological polar surface area (TPSA) is 27.7 Å². The summed E-state index contributed by atoms with van der Waals surface area (Å²) in [5.41, 5.74) is 5.10. The summed E-state index contributed by atoms with van der Waals surface area (Å²) in [7, 11) is -5.57. The van der Waals surface area contributed by atoms with E-state index >= 15 is 0 Å². The molecule has 0 heterocycles. The first-order chi connectivity index (χ1) is 23.3. The Balaban J connectivity index is 1.52. The van der Waals surface area contributed by atoms with Gasteiger partial charge >= 0.3 is 0 Å². The lowest BCUT2D eigenvalue weighted by Crippen LogP contribution is -2.58. The summed E-state index contributed by atoms with van der Waals surface area (Å²) in [5.74, 6) is 3.34. The van der Waals surface area contributed by atoms with Gasteiger partial charge in [-0.2, -0.15) is 11.8 Å². The van der Waals surface area contributed by atoms with Crippen molar-refractivity contribution in [1.29, 1.82) is 0 Å². The third-order valence-electron chi connectivity index (χ3n) is 15.3. The molecule has 0 aliphatic heterocycles. The SMILES string of the molecule is CC[Si](CC)(CC)OC(C)(C)/C=C/CSCC1=CC[C@H]2C3=CC=C4C[C@@H](O[Si](C)(C)C(C)(C)C)C[C@H](O[Si](C)(C)C(C)(C)C)[C@]4(C)[C@H]3CC[C@]12C. The average Bonchev–Trinajstić information content (AvgIpc) is 3.35. The zero-order valence-electron chi connectivity index (χ0n) is 36.4. The van der Waals surface area contributed by atoms with Crippen LogP contribution in [0.1, 0.15) is 122 Å². The highest BCUT2D eigenvalue weighted by molar-refractivity contribution is 7.99. The fraction of sp³-hybridized carbons (Fsp3) is 0.818. The van der Waals surface area contributed by atoms with E-state index in [1.54, 1.807) is 16.7 Å². The quantitative estimate of drug-likeness (QED) is 0.0998. The van der Waals surface area contributed by atoms with Crippen molar-refractivity contribution in [3.05, 3.63) is 47.1 Å². The largest absolute Gasteiger partial charge is 0.414 e. The van der Waals surface area contributed by atoms with Gasteiger partial charge in [-0.05, 0) is 118 Å². The van der Waals surface area contributed by atoms with Crippen molar-refractivity contribution in [3.8, 4) is 0 Å². The second-order valence-electron chi connectivity index (χ2n) is 20.8. The molecule has 4 aliphatic carbocycles. The van der Waals surface area contributed by atoms with Crippen LogP contribution in [-0.2, 0) is 13.3 Å². The van der Waals surface area contributed by atoms with Crippen LogP contribution in [0.3, 0.4) is 0 Å². The van der Waals surface area contributed by atoms with E-state index in [0.717, 1.165) is 24.3 Å². The summed E-state index contributed by atoms with van der Waals surface area (Å²) in [6.07, 6.45) is 18.7. The maximum Gasteiger partial charge on any atom is 0.193 e. The third-order valence-corrected chi connectivity index (χ3v) is 30.0. The Morgan fingerprint density at radius 2 is 1.43 bits per heavy atom. The molecule has 51 heavy (non-hydrogen) atoms. The van der Waals surface area contributed by atoms with Crippen LogP contribution in [0.5, 0.6) is 0 Å². The number of rotatable bonds is 14. The Morgan fingerprint density at radius 1 is 0.843 bits per heavy atom. The number of fused-ring (bicyclic) bond motifs is 5. The van der Waals surface area contributed by atoms with Crippen molar-refractivity contribution in [2.75, 3.05) is 11.5 Å². The highest BCUT2D eigenvalue weighted by Gasteiger charge is 2.59. The standard InChI is InChI=1S/C44H80O3SSi3/c1-18-51(19-2,20-3)47-42(10,11)27-21-29-48-32-34-23-25-37-36-24-22-33-30-35(45-49(14,15)40(4,5)6)31-39(46-50(16,17)41(7,8)9)44(33,13)38(36)26-28-43(34,37)12/h21-24,27,35,37-39H,18-20,25-26,28-32H2,1-17H3/b27-21+/t35-,37+,38+,39+,43-,44+/m1/s1. The highest BCUT2D eigenvalue weighted by Crippen LogP contribution is 2.65. The Labute approximate surface area is 324 Å². The van der Waals surface area contributed by atoms with Crippen LogP contribution < -0.4 is 0 Å². The maximum absolute atomic E-state index is 7.58. The first-order valence-corrected chi connectivity index (χ1v) is 30.2. The van der Waals surface area contributed by atoms with E-state index in [9.17, 15) is 0 Å². The summed E-state index contributed by atoms with van der Waals surface area (Å²) in [6.45, 7) is 40.8. The molecular weight excluding hydrogens is 693 g/mol. The van der Waals surface area contributed by atoms with E-state index in [4.69, 9.17) is 13.3 Å². The van der Waals surface area contributed by atoms with Crippen LogP contribution in [0.4, 0.5) is 0 Å². The second-order valence-corrected chi connectivity index (χ2v) is 36.1. The van der Waals surface area contributed by atoms with E-state index in [1.165, 1.54) is 37.4 Å². The van der Waals surface area contributed by atoms with Gasteiger partial charge in [-0.3, -0.25) is 0 Å². The van der Waals surface area contributed by atoms with Gasteiger partial charge in [0.1, 0.15) is 0 Å². The molecule has 4 aliphatic rings. The predicted molar refractivity (Wildman–Crippen MR) is 233 cm³/mol. The summed E-state index contributed by atoms with van der Waals surface area (Å²) >= 11 is 2.09. The number of allylic oxidation sites excluding steroid dienone is 4. The molecule has 4 rings (SSSR count). The number of hydrogen-bond donors (Lipinski definition) is 0. The van der Waals surface area contributed by atoms with Crippen LogP contribution in [0.2, 0.25) is 54.4 Å². The van der Waals surface area contributed by atoms with E-state index in [0.29, 0.717) is 11.8 Å². The van der Waals surface area contributed by atoms with E-state index in [1.807, 2.05) is 0 Å². The Kier molecular flexibility index (Phi) is 13.2. The molecule has 0 aromatic heterocycles. The molecule has 0 radical (unpaired) electrons. The van der Waals surface area contributed by atoms with Gasteiger partial charge in [0, 0.05) is 16.9 Å². The van der Waals surface area contributed by atoms with Crippen molar-refractivity contribution in [1.82, 2.24) is 0 Å². The van der Waals surface area contributed by atoms with Gasteiger partial charge in [0.25, 0.3) is 0 Å². The number of thioether (sulfide) groups is 1. The molecule has 0 N–H and O–H groups in total. The molecule has 2 fully saturated rings. The molecule has 0 unspecified atom stereocenters. The van der Waals surface area contributed by atoms with Crippen LogP contribution in [0.15, 0.2) is 47.1 Å². The molecule has 6 atom stereocenters. The smallest absolute Gasteiger partial charge is 0.193 e. The predicted octanol–water partition coefficient (Wildman–Crippen LogP) is 13.9. The molecule has 0 amide bonds. The fourth-order valence-electron chi connectivity index (χ4n) is 9.42. The minimum absolute atomic E-state index is 0.0270. The van der Waals surface area contributed by atoms with E-state index < -0.39 is 25.0 Å². The lowest BCUT2D eigenvalue weighted by molar-refractivity contribution is -0.0385. The maximum atomic E-state index is 7.58. The molecule has 0 saturated heterocycles. The molecule has 2 saturated carbocycles. The van der Waals surface area contributed by atoms with Crippen molar-refractivity contribution >= 4 is 36.7 Å². The monoisotopic (exact) mass is 773 g/mol. The van der Waals surface area contributed by atoms with Gasteiger partial charge in [0.05, 0.1) is 17.8 Å². The summed E-state index contributed by atoms with van der Waals surface area (Å²) in [4.78, 5) is 0. The Morgan fingerprint density at radius 3 is 2.00 bits per heavy atom. The van der Waals surface area contributed by atoms with Crippen LogP contribution in [0, 0.1) is 22.7 Å². The zero-order chi connectivity index (χ0) is 38.5. The molecule has 7 heteroatoms. The van der Waals surface area contributed by atoms with Crippen molar-refractivity contribution in [3.63, 3.8) is 0 Å². The molecule has 3 nitrogen and oxygen atoms in total. The minimum Gasteiger partial charge on any atom is -0.414 e. The normalized spacial score (nSPS) is 30.8. The first kappa shape index (κ1) is 43.6. The zero-order valence-corrected chi connectivity index (χ0v) is 40.2.